The smallest absolute Gasteiger partial charge is 0.161 e. The SMILES string of the molecule is COc1ccc(-c2n[nH]c3ncnc(N4CCN(c5cc(Cl)ccc5C)CC4)c23)cc1.Cl. The zero-order valence-electron chi connectivity index (χ0n) is 17.9. The van der Waals surface area contributed by atoms with E-state index in [1.54, 1.807) is 13.4 Å². The lowest BCUT2D eigenvalue weighted by molar-refractivity contribution is 0.415. The second-order valence-corrected chi connectivity index (χ2v) is 8.06. The van der Waals surface area contributed by atoms with Crippen LogP contribution in [0.5, 0.6) is 5.75 Å². The number of fused-ring (bicyclic) bond motifs is 1. The van der Waals surface area contributed by atoms with Crippen molar-refractivity contribution in [1.82, 2.24) is 20.2 Å². The molecule has 0 radical (unpaired) electrons. The second-order valence-electron chi connectivity index (χ2n) is 7.63. The molecule has 5 rings (SSSR count). The van der Waals surface area contributed by atoms with Gasteiger partial charge in [-0.1, -0.05) is 17.7 Å². The largest absolute Gasteiger partial charge is 0.497 e. The monoisotopic (exact) mass is 470 g/mol. The fraction of sp³-hybridized carbons (Fsp3) is 0.261. The first-order valence-corrected chi connectivity index (χ1v) is 10.6. The van der Waals surface area contributed by atoms with Crippen LogP contribution < -0.4 is 14.5 Å². The van der Waals surface area contributed by atoms with Crippen molar-refractivity contribution in [3.05, 3.63) is 59.4 Å². The van der Waals surface area contributed by atoms with Gasteiger partial charge in [0.05, 0.1) is 12.5 Å². The third-order valence-corrected chi connectivity index (χ3v) is 6.03. The number of anilines is 2. The number of H-pyrrole nitrogens is 1. The zero-order chi connectivity index (χ0) is 21.4. The van der Waals surface area contributed by atoms with Gasteiger partial charge in [-0.15, -0.1) is 12.4 Å². The van der Waals surface area contributed by atoms with Gasteiger partial charge in [0.1, 0.15) is 23.6 Å². The maximum atomic E-state index is 6.24. The molecule has 166 valence electrons. The van der Waals surface area contributed by atoms with Crippen LogP contribution in [0.25, 0.3) is 22.3 Å². The predicted molar refractivity (Wildman–Crippen MR) is 132 cm³/mol. The predicted octanol–water partition coefficient (Wildman–Crippen LogP) is 4.74. The molecule has 0 saturated carbocycles. The first-order valence-electron chi connectivity index (χ1n) is 10.2. The zero-order valence-corrected chi connectivity index (χ0v) is 19.5. The molecule has 0 bridgehead atoms. The fourth-order valence-electron chi connectivity index (χ4n) is 4.12. The highest BCUT2D eigenvalue weighted by atomic mass is 35.5. The van der Waals surface area contributed by atoms with Crippen LogP contribution in [0.2, 0.25) is 5.02 Å². The number of nitrogens with zero attached hydrogens (tertiary/aromatic N) is 5. The molecule has 32 heavy (non-hydrogen) atoms. The van der Waals surface area contributed by atoms with Gasteiger partial charge < -0.3 is 14.5 Å². The molecular weight excluding hydrogens is 447 g/mol. The molecule has 7 nitrogen and oxygen atoms in total. The standard InChI is InChI=1S/C23H23ClN6O.ClH/c1-15-3-6-17(24)13-19(15)29-9-11-30(12-10-29)23-20-21(27-28-22(20)25-14-26-23)16-4-7-18(31-2)8-5-16;/h3-8,13-14H,9-12H2,1-2H3,(H,25,26,27,28);1H. The first-order chi connectivity index (χ1) is 15.1. The number of hydrogen-bond acceptors (Lipinski definition) is 6. The number of hydrogen-bond donors (Lipinski definition) is 1. The number of aryl methyl sites for hydroxylation is 1. The van der Waals surface area contributed by atoms with Crippen molar-refractivity contribution in [2.24, 2.45) is 0 Å². The quantitative estimate of drug-likeness (QED) is 0.464. The van der Waals surface area contributed by atoms with E-state index in [1.165, 1.54) is 11.3 Å². The number of piperazine rings is 1. The molecule has 1 saturated heterocycles. The highest BCUT2D eigenvalue weighted by molar-refractivity contribution is 6.30. The Balaban J connectivity index is 0.00000245. The highest BCUT2D eigenvalue weighted by Crippen LogP contribution is 2.33. The van der Waals surface area contributed by atoms with Crippen LogP contribution in [0, 0.1) is 6.92 Å². The summed E-state index contributed by atoms with van der Waals surface area (Å²) in [6.07, 6.45) is 1.60. The molecule has 0 unspecified atom stereocenters. The van der Waals surface area contributed by atoms with Gasteiger partial charge in [-0.2, -0.15) is 5.10 Å². The van der Waals surface area contributed by atoms with E-state index in [4.69, 9.17) is 16.3 Å². The third kappa shape index (κ3) is 4.06. The second kappa shape index (κ2) is 9.22. The molecule has 0 amide bonds. The van der Waals surface area contributed by atoms with E-state index >= 15 is 0 Å². The molecule has 0 spiro atoms. The van der Waals surface area contributed by atoms with Gasteiger partial charge in [-0.3, -0.25) is 5.10 Å². The molecule has 1 fully saturated rings. The van der Waals surface area contributed by atoms with Gasteiger partial charge in [0.15, 0.2) is 5.65 Å². The van der Waals surface area contributed by atoms with Crippen LogP contribution in [-0.4, -0.2) is 53.5 Å². The van der Waals surface area contributed by atoms with E-state index in [-0.39, 0.29) is 12.4 Å². The Morgan fingerprint density at radius 2 is 1.69 bits per heavy atom. The number of benzene rings is 2. The minimum absolute atomic E-state index is 0. The number of halogens is 2. The van der Waals surface area contributed by atoms with Crippen LogP contribution in [0.15, 0.2) is 48.8 Å². The minimum atomic E-state index is 0. The van der Waals surface area contributed by atoms with Gasteiger partial charge in [-0.25, -0.2) is 9.97 Å². The van der Waals surface area contributed by atoms with Crippen molar-refractivity contribution in [3.63, 3.8) is 0 Å². The van der Waals surface area contributed by atoms with Crippen molar-refractivity contribution in [1.29, 1.82) is 0 Å². The summed E-state index contributed by atoms with van der Waals surface area (Å²) in [5, 5.41) is 9.31. The number of ether oxygens (including phenoxy) is 1. The topological polar surface area (TPSA) is 70.2 Å². The Labute approximate surface area is 197 Å². The Morgan fingerprint density at radius 3 is 2.41 bits per heavy atom. The van der Waals surface area contributed by atoms with Crippen LogP contribution in [0.3, 0.4) is 0 Å². The Morgan fingerprint density at radius 1 is 0.969 bits per heavy atom. The number of nitrogens with one attached hydrogen (secondary N) is 1. The molecule has 0 atom stereocenters. The van der Waals surface area contributed by atoms with Gasteiger partial charge in [0, 0.05) is 42.5 Å². The lowest BCUT2D eigenvalue weighted by Crippen LogP contribution is -2.47. The molecule has 0 aliphatic carbocycles. The van der Waals surface area contributed by atoms with Gasteiger partial charge in [-0.05, 0) is 48.9 Å². The van der Waals surface area contributed by atoms with Gasteiger partial charge >= 0.3 is 0 Å². The number of aromatic nitrogens is 4. The van der Waals surface area contributed by atoms with Crippen molar-refractivity contribution >= 4 is 46.5 Å². The maximum absolute atomic E-state index is 6.24. The van der Waals surface area contributed by atoms with Crippen LogP contribution >= 0.6 is 24.0 Å². The van der Waals surface area contributed by atoms with Gasteiger partial charge in [0.25, 0.3) is 0 Å². The molecular formula is C23H24Cl2N6O. The summed E-state index contributed by atoms with van der Waals surface area (Å²) in [4.78, 5) is 13.7. The lowest BCUT2D eigenvalue weighted by Gasteiger charge is -2.37. The number of methoxy groups -OCH3 is 1. The summed E-state index contributed by atoms with van der Waals surface area (Å²) in [5.41, 5.74) is 5.02. The third-order valence-electron chi connectivity index (χ3n) is 5.79. The molecule has 4 aromatic rings. The normalized spacial score (nSPS) is 13.8. The van der Waals surface area contributed by atoms with Crippen LogP contribution in [0.4, 0.5) is 11.5 Å². The van der Waals surface area contributed by atoms with E-state index in [2.05, 4.69) is 43.0 Å². The molecule has 2 aromatic heterocycles. The van der Waals surface area contributed by atoms with Crippen molar-refractivity contribution < 1.29 is 4.74 Å². The fourth-order valence-corrected chi connectivity index (χ4v) is 4.29. The molecule has 2 aromatic carbocycles. The summed E-state index contributed by atoms with van der Waals surface area (Å²) in [5.74, 6) is 1.72. The Hall–Kier alpha value is -3.03. The van der Waals surface area contributed by atoms with E-state index < -0.39 is 0 Å². The summed E-state index contributed by atoms with van der Waals surface area (Å²) in [6.45, 7) is 5.61. The van der Waals surface area contributed by atoms with Crippen molar-refractivity contribution in [2.45, 2.75) is 6.92 Å². The summed E-state index contributed by atoms with van der Waals surface area (Å²) in [7, 11) is 1.66. The molecule has 1 aliphatic rings. The Kier molecular flexibility index (Phi) is 6.39. The van der Waals surface area contributed by atoms with E-state index in [9.17, 15) is 0 Å². The highest BCUT2D eigenvalue weighted by Gasteiger charge is 2.24. The van der Waals surface area contributed by atoms with Crippen LogP contribution in [-0.2, 0) is 0 Å². The van der Waals surface area contributed by atoms with Crippen LogP contribution in [0.1, 0.15) is 5.56 Å². The van der Waals surface area contributed by atoms with Crippen molar-refractivity contribution in [2.75, 3.05) is 43.1 Å². The lowest BCUT2D eigenvalue weighted by atomic mass is 10.1. The average molecular weight is 471 g/mol. The van der Waals surface area contributed by atoms with E-state index in [0.29, 0.717) is 0 Å². The average Bonchev–Trinajstić information content (AvgIpc) is 3.25. The van der Waals surface area contributed by atoms with Crippen molar-refractivity contribution in [3.8, 4) is 17.0 Å². The summed E-state index contributed by atoms with van der Waals surface area (Å²) < 4.78 is 5.28. The number of aromatic amines is 1. The van der Waals surface area contributed by atoms with E-state index in [1.807, 2.05) is 36.4 Å². The molecule has 3 heterocycles. The summed E-state index contributed by atoms with van der Waals surface area (Å²) in [6, 6.07) is 13.9. The number of rotatable bonds is 4. The maximum Gasteiger partial charge on any atom is 0.161 e. The first kappa shape index (κ1) is 22.2. The van der Waals surface area contributed by atoms with E-state index in [0.717, 1.165) is 65.1 Å². The minimum Gasteiger partial charge on any atom is -0.497 e. The molecule has 1 N–H and O–H groups in total. The molecule has 9 heteroatoms. The molecule has 1 aliphatic heterocycles. The summed E-state index contributed by atoms with van der Waals surface area (Å²) >= 11 is 6.24. The Bertz CT molecular complexity index is 1220. The van der Waals surface area contributed by atoms with Gasteiger partial charge in [0.2, 0.25) is 0 Å².